The van der Waals surface area contributed by atoms with Gasteiger partial charge in [-0.1, -0.05) is 12.1 Å². The topological polar surface area (TPSA) is 114 Å². The number of furan rings is 1. The molecule has 3 rings (SSSR count). The molecule has 0 fully saturated rings. The van der Waals surface area contributed by atoms with Gasteiger partial charge in [0.25, 0.3) is 11.6 Å². The molecule has 8 heteroatoms. The number of non-ortho nitro benzene ring substituents is 1. The standard InChI is InChI=1S/C16H12N4O4/c21-16(14-5-2-8-17-14)19-18-10-13-6-7-15(24-13)11-3-1-4-12(9-11)20(22)23/h1-10,17H,(H,19,21)/b18-10-. The Morgan fingerprint density at radius 3 is 2.88 bits per heavy atom. The highest BCUT2D eigenvalue weighted by Gasteiger charge is 2.10. The smallest absolute Gasteiger partial charge is 0.287 e. The predicted molar refractivity (Wildman–Crippen MR) is 86.7 cm³/mol. The van der Waals surface area contributed by atoms with E-state index in [0.717, 1.165) is 0 Å². The summed E-state index contributed by atoms with van der Waals surface area (Å²) >= 11 is 0. The van der Waals surface area contributed by atoms with E-state index in [1.54, 1.807) is 42.6 Å². The van der Waals surface area contributed by atoms with Crippen molar-refractivity contribution in [1.29, 1.82) is 0 Å². The predicted octanol–water partition coefficient (Wildman–Crippen LogP) is 2.95. The minimum Gasteiger partial charge on any atom is -0.455 e. The molecule has 0 bridgehead atoms. The highest BCUT2D eigenvalue weighted by molar-refractivity contribution is 5.93. The fourth-order valence-corrected chi connectivity index (χ4v) is 2.04. The molecule has 0 aliphatic heterocycles. The van der Waals surface area contributed by atoms with Crippen molar-refractivity contribution in [2.45, 2.75) is 0 Å². The fourth-order valence-electron chi connectivity index (χ4n) is 2.04. The molecule has 24 heavy (non-hydrogen) atoms. The second-order valence-electron chi connectivity index (χ2n) is 4.79. The number of nitrogens with one attached hydrogen (secondary N) is 2. The van der Waals surface area contributed by atoms with Crippen LogP contribution in [0.2, 0.25) is 0 Å². The minimum absolute atomic E-state index is 0.0164. The van der Waals surface area contributed by atoms with Crippen LogP contribution < -0.4 is 5.43 Å². The van der Waals surface area contributed by atoms with Gasteiger partial charge in [0.2, 0.25) is 0 Å². The number of aromatic nitrogens is 1. The first-order valence-corrected chi connectivity index (χ1v) is 6.95. The van der Waals surface area contributed by atoms with Crippen molar-refractivity contribution in [2.24, 2.45) is 5.10 Å². The quantitative estimate of drug-likeness (QED) is 0.426. The van der Waals surface area contributed by atoms with Crippen LogP contribution in [0.4, 0.5) is 5.69 Å². The normalized spacial score (nSPS) is 10.8. The summed E-state index contributed by atoms with van der Waals surface area (Å²) in [6.07, 6.45) is 2.98. The van der Waals surface area contributed by atoms with E-state index >= 15 is 0 Å². The Balaban J connectivity index is 1.69. The maximum Gasteiger partial charge on any atom is 0.287 e. The highest BCUT2D eigenvalue weighted by atomic mass is 16.6. The number of hydrogen-bond acceptors (Lipinski definition) is 5. The third kappa shape index (κ3) is 3.38. The Hall–Kier alpha value is -3.68. The number of amides is 1. The van der Waals surface area contributed by atoms with Crippen molar-refractivity contribution in [3.05, 3.63) is 76.3 Å². The van der Waals surface area contributed by atoms with Crippen molar-refractivity contribution >= 4 is 17.8 Å². The number of hydrazone groups is 1. The summed E-state index contributed by atoms with van der Waals surface area (Å²) in [4.78, 5) is 24.8. The third-order valence-electron chi connectivity index (χ3n) is 3.17. The van der Waals surface area contributed by atoms with E-state index < -0.39 is 4.92 Å². The van der Waals surface area contributed by atoms with Gasteiger partial charge in [-0.05, 0) is 24.3 Å². The van der Waals surface area contributed by atoms with Crippen LogP contribution in [-0.2, 0) is 0 Å². The van der Waals surface area contributed by atoms with Gasteiger partial charge in [0.1, 0.15) is 17.2 Å². The van der Waals surface area contributed by atoms with Crippen LogP contribution in [0.25, 0.3) is 11.3 Å². The maximum atomic E-state index is 11.7. The van der Waals surface area contributed by atoms with Crippen molar-refractivity contribution in [3.8, 4) is 11.3 Å². The van der Waals surface area contributed by atoms with Crippen molar-refractivity contribution in [3.63, 3.8) is 0 Å². The first-order chi connectivity index (χ1) is 11.6. The molecule has 2 heterocycles. The number of nitro benzene ring substituents is 1. The number of carbonyl (C=O) groups is 1. The minimum atomic E-state index is -0.467. The molecule has 120 valence electrons. The molecule has 0 saturated heterocycles. The monoisotopic (exact) mass is 324 g/mol. The lowest BCUT2D eigenvalue weighted by molar-refractivity contribution is -0.384. The van der Waals surface area contributed by atoms with Gasteiger partial charge in [-0.25, -0.2) is 5.43 Å². The number of H-pyrrole nitrogens is 1. The molecule has 1 amide bonds. The van der Waals surface area contributed by atoms with Crippen LogP contribution in [0.1, 0.15) is 16.2 Å². The lowest BCUT2D eigenvalue weighted by atomic mass is 10.1. The van der Waals surface area contributed by atoms with Crippen LogP contribution in [-0.4, -0.2) is 22.0 Å². The fraction of sp³-hybridized carbons (Fsp3) is 0. The van der Waals surface area contributed by atoms with Crippen LogP contribution in [0.5, 0.6) is 0 Å². The first-order valence-electron chi connectivity index (χ1n) is 6.95. The number of nitrogens with zero attached hydrogens (tertiary/aromatic N) is 2. The Labute approximate surface area is 136 Å². The molecule has 8 nitrogen and oxygen atoms in total. The van der Waals surface area contributed by atoms with Crippen LogP contribution >= 0.6 is 0 Å². The average Bonchev–Trinajstić information content (AvgIpc) is 3.27. The SMILES string of the molecule is O=C(N/N=C\c1ccc(-c2cccc([N+](=O)[O-])c2)o1)c1ccc[nH]1. The van der Waals surface area contributed by atoms with Gasteiger partial charge in [0.15, 0.2) is 0 Å². The van der Waals surface area contributed by atoms with Crippen LogP contribution in [0.15, 0.2) is 64.2 Å². The summed E-state index contributed by atoms with van der Waals surface area (Å²) < 4.78 is 5.55. The Bertz CT molecular complexity index is 896. The van der Waals surface area contributed by atoms with Gasteiger partial charge in [-0.3, -0.25) is 14.9 Å². The largest absolute Gasteiger partial charge is 0.455 e. The molecule has 0 spiro atoms. The number of aromatic amines is 1. The van der Waals surface area contributed by atoms with Crippen LogP contribution in [0, 0.1) is 10.1 Å². The molecule has 0 aliphatic carbocycles. The van der Waals surface area contributed by atoms with E-state index in [4.69, 9.17) is 4.42 Å². The molecular formula is C16H12N4O4. The molecule has 1 aromatic carbocycles. The summed E-state index contributed by atoms with van der Waals surface area (Å²) in [5, 5.41) is 14.6. The average molecular weight is 324 g/mol. The van der Waals surface area contributed by atoms with Gasteiger partial charge in [0, 0.05) is 23.9 Å². The van der Waals surface area contributed by atoms with Crippen molar-refractivity contribution < 1.29 is 14.1 Å². The van der Waals surface area contributed by atoms with Gasteiger partial charge < -0.3 is 9.40 Å². The number of carbonyl (C=O) groups excluding carboxylic acids is 1. The van der Waals surface area contributed by atoms with E-state index in [2.05, 4.69) is 15.5 Å². The van der Waals surface area contributed by atoms with Crippen LogP contribution in [0.3, 0.4) is 0 Å². The van der Waals surface area contributed by atoms with Gasteiger partial charge in [-0.15, -0.1) is 0 Å². The van der Waals surface area contributed by atoms with E-state index in [1.165, 1.54) is 18.3 Å². The summed E-state index contributed by atoms with van der Waals surface area (Å²) in [6.45, 7) is 0. The molecule has 2 N–H and O–H groups in total. The zero-order valence-electron chi connectivity index (χ0n) is 12.3. The molecule has 0 saturated carbocycles. The number of rotatable bonds is 5. The zero-order valence-corrected chi connectivity index (χ0v) is 12.3. The van der Waals surface area contributed by atoms with Gasteiger partial charge >= 0.3 is 0 Å². The lowest BCUT2D eigenvalue weighted by Crippen LogP contribution is -2.17. The Morgan fingerprint density at radius 1 is 1.25 bits per heavy atom. The lowest BCUT2D eigenvalue weighted by Gasteiger charge is -1.97. The molecule has 2 aromatic heterocycles. The molecule has 0 unspecified atom stereocenters. The molecule has 3 aromatic rings. The van der Waals surface area contributed by atoms with E-state index in [0.29, 0.717) is 22.8 Å². The number of nitro groups is 1. The summed E-state index contributed by atoms with van der Waals surface area (Å²) in [5.74, 6) is 0.501. The first kappa shape index (κ1) is 15.2. The third-order valence-corrected chi connectivity index (χ3v) is 3.17. The van der Waals surface area contributed by atoms with Crippen molar-refractivity contribution in [2.75, 3.05) is 0 Å². The Morgan fingerprint density at radius 2 is 2.12 bits per heavy atom. The number of hydrogen-bond donors (Lipinski definition) is 2. The summed E-state index contributed by atoms with van der Waals surface area (Å²) in [5.41, 5.74) is 3.32. The second kappa shape index (κ2) is 6.61. The van der Waals surface area contributed by atoms with Gasteiger partial charge in [-0.2, -0.15) is 5.10 Å². The maximum absolute atomic E-state index is 11.7. The zero-order chi connectivity index (χ0) is 16.9. The molecular weight excluding hydrogens is 312 g/mol. The Kier molecular flexibility index (Phi) is 4.19. The summed E-state index contributed by atoms with van der Waals surface area (Å²) in [7, 11) is 0. The van der Waals surface area contributed by atoms with E-state index in [1.807, 2.05) is 0 Å². The summed E-state index contributed by atoms with van der Waals surface area (Å²) in [6, 6.07) is 12.8. The van der Waals surface area contributed by atoms with E-state index in [-0.39, 0.29) is 11.6 Å². The van der Waals surface area contributed by atoms with Gasteiger partial charge in [0.05, 0.1) is 11.1 Å². The molecule has 0 atom stereocenters. The number of benzene rings is 1. The highest BCUT2D eigenvalue weighted by Crippen LogP contribution is 2.25. The van der Waals surface area contributed by atoms with Crippen molar-refractivity contribution in [1.82, 2.24) is 10.4 Å². The van der Waals surface area contributed by atoms with E-state index in [9.17, 15) is 14.9 Å². The molecule has 0 radical (unpaired) electrons. The molecule has 0 aliphatic rings. The second-order valence-corrected chi connectivity index (χ2v) is 4.79.